The van der Waals surface area contributed by atoms with Crippen LogP contribution in [0, 0.1) is 11.6 Å². The molecule has 1 aromatic carbocycles. The Bertz CT molecular complexity index is 1380. The quantitative estimate of drug-likeness (QED) is 0.489. The molecule has 0 unspecified atom stereocenters. The summed E-state index contributed by atoms with van der Waals surface area (Å²) in [6.07, 6.45) is 2.72. The molecule has 10 nitrogen and oxygen atoms in total. The monoisotopic (exact) mass is 484 g/mol. The molecule has 0 bridgehead atoms. The van der Waals surface area contributed by atoms with E-state index in [2.05, 4.69) is 20.6 Å². The lowest BCUT2D eigenvalue weighted by Gasteiger charge is -2.21. The third-order valence-corrected chi connectivity index (χ3v) is 5.99. The molecular weight excluding hydrogens is 462 g/mol. The predicted octanol–water partition coefficient (Wildman–Crippen LogP) is 1.58. The van der Waals surface area contributed by atoms with E-state index in [1.807, 2.05) is 0 Å². The number of amides is 2. The first-order valence-electron chi connectivity index (χ1n) is 11.2. The number of nitrogens with one attached hydrogen (secondary N) is 2. The molecule has 2 aliphatic heterocycles. The number of fused-ring (bicyclic) bond motifs is 2. The highest BCUT2D eigenvalue weighted by atomic mass is 19.2. The minimum absolute atomic E-state index is 0.0654. The maximum atomic E-state index is 13.7. The maximum Gasteiger partial charge on any atom is 0.269 e. The van der Waals surface area contributed by atoms with Crippen molar-refractivity contribution in [1.29, 1.82) is 0 Å². The van der Waals surface area contributed by atoms with Crippen molar-refractivity contribution < 1.29 is 23.1 Å². The fourth-order valence-corrected chi connectivity index (χ4v) is 4.26. The van der Waals surface area contributed by atoms with Crippen molar-refractivity contribution in [2.45, 2.75) is 31.8 Å². The van der Waals surface area contributed by atoms with E-state index < -0.39 is 11.6 Å². The van der Waals surface area contributed by atoms with Gasteiger partial charge in [-0.3, -0.25) is 19.3 Å². The van der Waals surface area contributed by atoms with Gasteiger partial charge in [-0.1, -0.05) is 0 Å². The smallest absolute Gasteiger partial charge is 0.269 e. The molecule has 1 saturated heterocycles. The molecule has 12 heteroatoms. The molecule has 2 N–H and O–H groups in total. The Hall–Kier alpha value is -3.93. The number of carbonyl (C=O) groups excluding carboxylic acids is 2. The van der Waals surface area contributed by atoms with E-state index in [4.69, 9.17) is 4.74 Å². The zero-order valence-electron chi connectivity index (χ0n) is 18.6. The van der Waals surface area contributed by atoms with Gasteiger partial charge in [-0.15, -0.1) is 0 Å². The lowest BCUT2D eigenvalue weighted by atomic mass is 10.2. The van der Waals surface area contributed by atoms with Gasteiger partial charge in [0.05, 0.1) is 17.2 Å². The van der Waals surface area contributed by atoms with Crippen LogP contribution >= 0.6 is 0 Å². The van der Waals surface area contributed by atoms with Crippen LogP contribution in [0.5, 0.6) is 5.75 Å². The number of nitrogens with zero attached hydrogens (tertiary/aromatic N) is 4. The van der Waals surface area contributed by atoms with Crippen molar-refractivity contribution in [2.75, 3.05) is 29.9 Å². The van der Waals surface area contributed by atoms with Gasteiger partial charge in [0.15, 0.2) is 29.8 Å². The molecule has 2 aromatic heterocycles. The van der Waals surface area contributed by atoms with Gasteiger partial charge >= 0.3 is 0 Å². The van der Waals surface area contributed by atoms with Crippen LogP contribution < -0.4 is 25.8 Å². The first kappa shape index (κ1) is 22.8. The molecule has 2 aliphatic rings. The Morgan fingerprint density at radius 1 is 1.14 bits per heavy atom. The van der Waals surface area contributed by atoms with Crippen molar-refractivity contribution in [1.82, 2.24) is 19.9 Å². The minimum atomic E-state index is -1.03. The Balaban J connectivity index is 1.15. The number of rotatable bonds is 7. The summed E-state index contributed by atoms with van der Waals surface area (Å²) in [5.74, 6) is -1.22. The number of hydrogen-bond donors (Lipinski definition) is 2. The van der Waals surface area contributed by atoms with Gasteiger partial charge in [0.2, 0.25) is 5.91 Å². The van der Waals surface area contributed by atoms with Gasteiger partial charge in [-0.2, -0.15) is 0 Å². The summed E-state index contributed by atoms with van der Waals surface area (Å²) >= 11 is 0. The Morgan fingerprint density at radius 3 is 2.83 bits per heavy atom. The van der Waals surface area contributed by atoms with Crippen LogP contribution in [0.25, 0.3) is 11.0 Å². The first-order valence-corrected chi connectivity index (χ1v) is 11.2. The average Bonchev–Trinajstić information content (AvgIpc) is 3.21. The number of hydrogen-bond acceptors (Lipinski definition) is 7. The van der Waals surface area contributed by atoms with Gasteiger partial charge in [-0.25, -0.2) is 18.7 Å². The highest BCUT2D eigenvalue weighted by Gasteiger charge is 2.32. The highest BCUT2D eigenvalue weighted by Crippen LogP contribution is 2.30. The van der Waals surface area contributed by atoms with Gasteiger partial charge in [0.1, 0.15) is 5.82 Å². The number of unbranched alkanes of at least 4 members (excludes halogenated alkanes) is 1. The summed E-state index contributed by atoms with van der Waals surface area (Å²) in [4.78, 5) is 46.1. The predicted molar refractivity (Wildman–Crippen MR) is 122 cm³/mol. The lowest BCUT2D eigenvalue weighted by molar-refractivity contribution is -0.118. The third-order valence-electron chi connectivity index (χ3n) is 5.99. The molecule has 35 heavy (non-hydrogen) atoms. The molecule has 1 atom stereocenters. The maximum absolute atomic E-state index is 13.7. The average molecular weight is 484 g/mol. The summed E-state index contributed by atoms with van der Waals surface area (Å²) in [6, 6.07) is 5.25. The molecular formula is C23H22F2N6O4. The van der Waals surface area contributed by atoms with E-state index in [0.717, 1.165) is 18.3 Å². The molecule has 0 aliphatic carbocycles. The molecule has 2 amide bonds. The summed E-state index contributed by atoms with van der Waals surface area (Å²) < 4.78 is 33.8. The number of aryl methyl sites for hydroxylation is 1. The molecule has 0 spiro atoms. The standard InChI is InChI=1S/C23H22F2N6O4/c24-14-8-16-17(9-15(14)25)30(22(34)10-27-16)6-2-1-5-26-13-7-21(33)31(11-13)19-4-3-18-23(28-19)29-20(32)12-35-18/h3-4,8-10,13,26H,1-2,5-7,11-12H2,(H,28,29,32)/t13-/m1/s1. The number of halogens is 2. The van der Waals surface area contributed by atoms with E-state index in [1.165, 1.54) is 4.57 Å². The van der Waals surface area contributed by atoms with Crippen molar-refractivity contribution in [3.63, 3.8) is 0 Å². The largest absolute Gasteiger partial charge is 0.480 e. The Labute approximate surface area is 197 Å². The topological polar surface area (TPSA) is 118 Å². The number of anilines is 2. The number of carbonyl (C=O) groups is 2. The Morgan fingerprint density at radius 2 is 1.97 bits per heavy atom. The van der Waals surface area contributed by atoms with Crippen LogP contribution in [0.3, 0.4) is 0 Å². The Kier molecular flexibility index (Phi) is 6.12. The van der Waals surface area contributed by atoms with Gasteiger partial charge in [-0.05, 0) is 31.5 Å². The number of ether oxygens (including phenoxy) is 1. The van der Waals surface area contributed by atoms with Crippen LogP contribution in [0.1, 0.15) is 19.3 Å². The summed E-state index contributed by atoms with van der Waals surface area (Å²) in [6.45, 7) is 1.30. The summed E-state index contributed by atoms with van der Waals surface area (Å²) in [7, 11) is 0. The molecule has 182 valence electrons. The SMILES string of the molecule is O=C1COc2ccc(N3C[C@H](NCCCCn4c(=O)cnc5cc(F)c(F)cc54)CC3=O)nc2N1. The van der Waals surface area contributed by atoms with Crippen LogP contribution in [-0.2, 0) is 16.1 Å². The van der Waals surface area contributed by atoms with E-state index in [9.17, 15) is 23.2 Å². The second-order valence-corrected chi connectivity index (χ2v) is 8.42. The molecule has 3 aromatic rings. The van der Waals surface area contributed by atoms with E-state index in [-0.39, 0.29) is 41.1 Å². The second-order valence-electron chi connectivity index (χ2n) is 8.42. The minimum Gasteiger partial charge on any atom is -0.480 e. The second kappa shape index (κ2) is 9.37. The molecule has 5 rings (SSSR count). The normalized spacial score (nSPS) is 17.4. The van der Waals surface area contributed by atoms with Crippen LogP contribution in [0.15, 0.2) is 35.3 Å². The zero-order chi connectivity index (χ0) is 24.5. The van der Waals surface area contributed by atoms with Crippen molar-refractivity contribution >= 4 is 34.5 Å². The molecule has 0 saturated carbocycles. The van der Waals surface area contributed by atoms with Gasteiger partial charge < -0.3 is 19.9 Å². The van der Waals surface area contributed by atoms with Gasteiger partial charge in [0, 0.05) is 37.7 Å². The van der Waals surface area contributed by atoms with Crippen molar-refractivity contribution in [2.24, 2.45) is 0 Å². The number of pyridine rings is 1. The van der Waals surface area contributed by atoms with Crippen LogP contribution in [0.4, 0.5) is 20.4 Å². The highest BCUT2D eigenvalue weighted by molar-refractivity contribution is 5.97. The van der Waals surface area contributed by atoms with Crippen LogP contribution in [0.2, 0.25) is 0 Å². The molecule has 4 heterocycles. The van der Waals surface area contributed by atoms with E-state index in [0.29, 0.717) is 56.3 Å². The van der Waals surface area contributed by atoms with Gasteiger partial charge in [0.25, 0.3) is 11.5 Å². The fraction of sp³-hybridized carbons (Fsp3) is 0.348. The number of benzene rings is 1. The summed E-state index contributed by atoms with van der Waals surface area (Å²) in [5.41, 5.74) is 0.0845. The third kappa shape index (κ3) is 4.69. The van der Waals surface area contributed by atoms with E-state index in [1.54, 1.807) is 17.0 Å². The number of aromatic nitrogens is 3. The van der Waals surface area contributed by atoms with E-state index >= 15 is 0 Å². The zero-order valence-corrected chi connectivity index (χ0v) is 18.6. The molecule has 1 fully saturated rings. The molecule has 0 radical (unpaired) electrons. The van der Waals surface area contributed by atoms with Crippen molar-refractivity contribution in [3.8, 4) is 5.75 Å². The van der Waals surface area contributed by atoms with Crippen molar-refractivity contribution in [3.05, 3.63) is 52.5 Å². The van der Waals surface area contributed by atoms with Crippen LogP contribution in [-0.4, -0.2) is 52.1 Å². The summed E-state index contributed by atoms with van der Waals surface area (Å²) in [5, 5.41) is 5.98. The fourth-order valence-electron chi connectivity index (χ4n) is 4.26. The lowest BCUT2D eigenvalue weighted by Crippen LogP contribution is -2.34. The first-order chi connectivity index (χ1) is 16.9.